The molecule has 6 heteroatoms. The Balaban J connectivity index is 1.42. The van der Waals surface area contributed by atoms with E-state index >= 15 is 0 Å². The first-order valence-corrected chi connectivity index (χ1v) is 8.81. The second kappa shape index (κ2) is 7.07. The summed E-state index contributed by atoms with van der Waals surface area (Å²) in [6.45, 7) is 2.25. The summed E-state index contributed by atoms with van der Waals surface area (Å²) in [5.41, 5.74) is 4.16. The zero-order valence-electron chi connectivity index (χ0n) is 14.9. The molecule has 3 aromatic rings. The minimum atomic E-state index is -0.163. The fourth-order valence-corrected chi connectivity index (χ4v) is 3.28. The van der Waals surface area contributed by atoms with Gasteiger partial charge in [0.2, 0.25) is 17.7 Å². The number of fused-ring (bicyclic) bond motifs is 1. The lowest BCUT2D eigenvalue weighted by molar-refractivity contribution is -0.117. The fourth-order valence-electron chi connectivity index (χ4n) is 3.28. The van der Waals surface area contributed by atoms with Crippen molar-refractivity contribution in [2.75, 3.05) is 16.8 Å². The van der Waals surface area contributed by atoms with Crippen LogP contribution < -0.4 is 10.2 Å². The number of nitrogens with one attached hydrogen (secondary N) is 1. The molecule has 2 aromatic carbocycles. The summed E-state index contributed by atoms with van der Waals surface area (Å²) in [7, 11) is 0. The zero-order valence-corrected chi connectivity index (χ0v) is 14.9. The van der Waals surface area contributed by atoms with Gasteiger partial charge in [0.05, 0.1) is 12.1 Å². The monoisotopic (exact) mass is 361 g/mol. The van der Waals surface area contributed by atoms with Gasteiger partial charge in [0.15, 0.2) is 0 Å². The van der Waals surface area contributed by atoms with Crippen LogP contribution in [-0.2, 0) is 22.4 Å². The van der Waals surface area contributed by atoms with Crippen molar-refractivity contribution in [3.63, 3.8) is 0 Å². The minimum absolute atomic E-state index is 0.0331. The van der Waals surface area contributed by atoms with Gasteiger partial charge in [0, 0.05) is 30.4 Å². The molecule has 0 fully saturated rings. The van der Waals surface area contributed by atoms with Crippen molar-refractivity contribution in [2.45, 2.75) is 19.8 Å². The molecule has 0 saturated heterocycles. The zero-order chi connectivity index (χ0) is 18.8. The van der Waals surface area contributed by atoms with Crippen LogP contribution in [0.5, 0.6) is 0 Å². The Labute approximate surface area is 156 Å². The Morgan fingerprint density at radius 1 is 1.19 bits per heavy atom. The van der Waals surface area contributed by atoms with Crippen molar-refractivity contribution in [1.82, 2.24) is 4.98 Å². The molecule has 0 unspecified atom stereocenters. The Morgan fingerprint density at radius 3 is 2.78 bits per heavy atom. The van der Waals surface area contributed by atoms with Crippen molar-refractivity contribution >= 4 is 23.2 Å². The van der Waals surface area contributed by atoms with Gasteiger partial charge in [-0.2, -0.15) is 0 Å². The summed E-state index contributed by atoms with van der Waals surface area (Å²) in [4.78, 5) is 30.1. The van der Waals surface area contributed by atoms with Crippen LogP contribution in [0.4, 0.5) is 11.4 Å². The molecule has 0 bridgehead atoms. The molecular formula is C21H19N3O3. The lowest BCUT2D eigenvalue weighted by Gasteiger charge is -2.15. The van der Waals surface area contributed by atoms with Crippen molar-refractivity contribution in [3.8, 4) is 11.5 Å². The second-order valence-electron chi connectivity index (χ2n) is 6.50. The Morgan fingerprint density at radius 2 is 2.00 bits per heavy atom. The largest absolute Gasteiger partial charge is 0.444 e. The highest BCUT2D eigenvalue weighted by atomic mass is 16.3. The van der Waals surface area contributed by atoms with Crippen LogP contribution >= 0.6 is 0 Å². The number of hydrogen-bond acceptors (Lipinski definition) is 4. The third-order valence-corrected chi connectivity index (χ3v) is 4.55. The Bertz CT molecular complexity index is 995. The van der Waals surface area contributed by atoms with Crippen molar-refractivity contribution < 1.29 is 14.0 Å². The van der Waals surface area contributed by atoms with Gasteiger partial charge in [-0.15, -0.1) is 0 Å². The predicted molar refractivity (Wildman–Crippen MR) is 102 cm³/mol. The smallest absolute Gasteiger partial charge is 0.230 e. The molecule has 0 radical (unpaired) electrons. The highest BCUT2D eigenvalue weighted by Crippen LogP contribution is 2.30. The van der Waals surface area contributed by atoms with Crippen LogP contribution in [-0.4, -0.2) is 23.3 Å². The third kappa shape index (κ3) is 3.60. The molecule has 6 nitrogen and oxygen atoms in total. The van der Waals surface area contributed by atoms with Crippen LogP contribution in [0.1, 0.15) is 18.2 Å². The van der Waals surface area contributed by atoms with Crippen LogP contribution in [0.2, 0.25) is 0 Å². The molecule has 27 heavy (non-hydrogen) atoms. The van der Waals surface area contributed by atoms with Gasteiger partial charge >= 0.3 is 0 Å². The molecule has 1 aliphatic heterocycles. The van der Waals surface area contributed by atoms with E-state index in [1.54, 1.807) is 11.8 Å². The van der Waals surface area contributed by atoms with Gasteiger partial charge in [-0.1, -0.05) is 18.2 Å². The van der Waals surface area contributed by atoms with E-state index in [9.17, 15) is 9.59 Å². The van der Waals surface area contributed by atoms with Crippen LogP contribution in [0.3, 0.4) is 0 Å². The van der Waals surface area contributed by atoms with Gasteiger partial charge in [-0.25, -0.2) is 4.98 Å². The van der Waals surface area contributed by atoms with Crippen molar-refractivity contribution in [2.24, 2.45) is 0 Å². The lowest BCUT2D eigenvalue weighted by atomic mass is 10.1. The van der Waals surface area contributed by atoms with Crippen molar-refractivity contribution in [1.29, 1.82) is 0 Å². The SMILES string of the molecule is CC(=O)N1CCc2cc(NC(=O)Cc3coc(-c4ccccc4)n3)ccc21. The second-order valence-corrected chi connectivity index (χ2v) is 6.50. The van der Waals surface area contributed by atoms with Crippen molar-refractivity contribution in [3.05, 3.63) is 66.1 Å². The van der Waals surface area contributed by atoms with E-state index in [1.807, 2.05) is 48.5 Å². The molecule has 2 amide bonds. The molecule has 0 spiro atoms. The van der Waals surface area contributed by atoms with Gasteiger partial charge in [-0.3, -0.25) is 9.59 Å². The number of aromatic nitrogens is 1. The number of amides is 2. The number of carbonyl (C=O) groups is 2. The first-order valence-electron chi connectivity index (χ1n) is 8.81. The van der Waals surface area contributed by atoms with E-state index in [1.165, 1.54) is 6.26 Å². The summed E-state index contributed by atoms with van der Waals surface area (Å²) < 4.78 is 5.47. The average molecular weight is 361 g/mol. The number of anilines is 2. The molecule has 0 atom stereocenters. The quantitative estimate of drug-likeness (QED) is 0.772. The van der Waals surface area contributed by atoms with Gasteiger partial charge in [-0.05, 0) is 42.3 Å². The van der Waals surface area contributed by atoms with E-state index in [-0.39, 0.29) is 18.2 Å². The Kier molecular flexibility index (Phi) is 4.46. The highest BCUT2D eigenvalue weighted by molar-refractivity contribution is 5.96. The molecule has 0 aliphatic carbocycles. The summed E-state index contributed by atoms with van der Waals surface area (Å²) in [6, 6.07) is 15.2. The molecule has 136 valence electrons. The number of rotatable bonds is 4. The highest BCUT2D eigenvalue weighted by Gasteiger charge is 2.22. The molecule has 1 aliphatic rings. The first kappa shape index (κ1) is 17.0. The van der Waals surface area contributed by atoms with Crippen LogP contribution in [0.15, 0.2) is 59.2 Å². The van der Waals surface area contributed by atoms with E-state index in [4.69, 9.17) is 4.42 Å². The maximum Gasteiger partial charge on any atom is 0.230 e. The lowest BCUT2D eigenvalue weighted by Crippen LogP contribution is -2.25. The first-order chi connectivity index (χ1) is 13.1. The molecule has 1 N–H and O–H groups in total. The molecule has 1 aromatic heterocycles. The number of nitrogens with zero attached hydrogens (tertiary/aromatic N) is 2. The number of oxazole rings is 1. The summed E-state index contributed by atoms with van der Waals surface area (Å²) in [5.74, 6) is 0.371. The van der Waals surface area contributed by atoms with Crippen LogP contribution in [0.25, 0.3) is 11.5 Å². The summed E-state index contributed by atoms with van der Waals surface area (Å²) in [5, 5.41) is 2.89. The molecule has 0 saturated carbocycles. The van der Waals surface area contributed by atoms with Gasteiger partial charge in [0.25, 0.3) is 0 Å². The minimum Gasteiger partial charge on any atom is -0.444 e. The van der Waals surface area contributed by atoms with E-state index in [2.05, 4.69) is 10.3 Å². The van der Waals surface area contributed by atoms with Crippen LogP contribution in [0, 0.1) is 0 Å². The third-order valence-electron chi connectivity index (χ3n) is 4.55. The fraction of sp³-hybridized carbons (Fsp3) is 0.190. The number of carbonyl (C=O) groups excluding carboxylic acids is 2. The molecule has 2 heterocycles. The normalized spacial score (nSPS) is 12.7. The van der Waals surface area contributed by atoms with E-state index in [0.29, 0.717) is 18.1 Å². The topological polar surface area (TPSA) is 75.4 Å². The van der Waals surface area contributed by atoms with Gasteiger partial charge in [0.1, 0.15) is 6.26 Å². The maximum absolute atomic E-state index is 12.3. The standard InChI is InChI=1S/C21H19N3O3/c1-14(25)24-10-9-16-11-17(7-8-19(16)24)22-20(26)12-18-13-27-21(23-18)15-5-3-2-4-6-15/h2-8,11,13H,9-10,12H2,1H3,(H,22,26). The summed E-state index contributed by atoms with van der Waals surface area (Å²) in [6.07, 6.45) is 2.44. The summed E-state index contributed by atoms with van der Waals surface area (Å²) >= 11 is 0. The van der Waals surface area contributed by atoms with E-state index in [0.717, 1.165) is 28.9 Å². The maximum atomic E-state index is 12.3. The van der Waals surface area contributed by atoms with Gasteiger partial charge < -0.3 is 14.6 Å². The Hall–Kier alpha value is -3.41. The number of benzene rings is 2. The molecule has 4 rings (SSSR count). The number of hydrogen-bond donors (Lipinski definition) is 1. The average Bonchev–Trinajstić information content (AvgIpc) is 3.29. The predicted octanol–water partition coefficient (Wildman–Crippen LogP) is 3.43. The van der Waals surface area contributed by atoms with E-state index < -0.39 is 0 Å². The molecular weight excluding hydrogens is 342 g/mol.